The van der Waals surface area contributed by atoms with Crippen LogP contribution < -0.4 is 0 Å². The lowest BCUT2D eigenvalue weighted by Gasteiger charge is -2.30. The van der Waals surface area contributed by atoms with Crippen molar-refractivity contribution in [2.24, 2.45) is 0 Å². The highest BCUT2D eigenvalue weighted by Crippen LogP contribution is 2.26. The smallest absolute Gasteiger partial charge is 0.450 e. The average molecular weight is 530 g/mol. The van der Waals surface area contributed by atoms with Gasteiger partial charge in [0.25, 0.3) is 0 Å². The molecule has 0 heterocycles. The second-order valence-corrected chi connectivity index (χ2v) is 9.83. The van der Waals surface area contributed by atoms with Crippen molar-refractivity contribution >= 4 is 31.0 Å². The van der Waals surface area contributed by atoms with Gasteiger partial charge >= 0.3 is 6.16 Å². The molecule has 0 bridgehead atoms. The third-order valence-corrected chi connectivity index (χ3v) is 6.51. The summed E-state index contributed by atoms with van der Waals surface area (Å²) >= 11 is 0. The van der Waals surface area contributed by atoms with Gasteiger partial charge in [0.2, 0.25) is 0 Å². The van der Waals surface area contributed by atoms with E-state index in [0.29, 0.717) is 0 Å². The summed E-state index contributed by atoms with van der Waals surface area (Å²) in [5, 5.41) is 9.29. The fourth-order valence-corrected chi connectivity index (χ4v) is 4.32. The highest BCUT2D eigenvalue weighted by atomic mass is 35.5. The zero-order chi connectivity index (χ0) is 24.1. The number of carboxylic acid groups (broad SMARTS) is 1. The van der Waals surface area contributed by atoms with Gasteiger partial charge in [0, 0.05) is 0 Å². The Morgan fingerprint density at radius 2 is 0.971 bits per heavy atom. The van der Waals surface area contributed by atoms with E-state index < -0.39 is 11.8 Å². The second-order valence-electron chi connectivity index (χ2n) is 9.83. The van der Waals surface area contributed by atoms with E-state index in [4.69, 9.17) is 4.74 Å². The van der Waals surface area contributed by atoms with Gasteiger partial charge in [-0.1, -0.05) is 59.8 Å². The Morgan fingerprint density at radius 3 is 1.35 bits per heavy atom. The summed E-state index contributed by atoms with van der Waals surface area (Å²) in [5.74, 6) is 0. The first-order valence-electron chi connectivity index (χ1n) is 13.8. The predicted octanol–water partition coefficient (Wildman–Crippen LogP) is 8.43. The summed E-state index contributed by atoms with van der Waals surface area (Å²) in [6, 6.07) is 0. The van der Waals surface area contributed by atoms with E-state index in [1.807, 2.05) is 6.92 Å². The number of carbonyl (C=O) groups is 1. The van der Waals surface area contributed by atoms with Crippen LogP contribution in [0.2, 0.25) is 0 Å². The van der Waals surface area contributed by atoms with Crippen LogP contribution in [0, 0.1) is 0 Å². The molecule has 5 nitrogen and oxygen atoms in total. The van der Waals surface area contributed by atoms with Gasteiger partial charge in [-0.3, -0.25) is 0 Å². The summed E-state index contributed by atoms with van der Waals surface area (Å²) in [6.07, 6.45) is 14.9. The Morgan fingerprint density at radius 1 is 0.618 bits per heavy atom. The Bertz CT molecular complexity index is 428. The zero-order valence-corrected chi connectivity index (χ0v) is 24.7. The number of halogens is 2. The third-order valence-electron chi connectivity index (χ3n) is 6.51. The van der Waals surface area contributed by atoms with Crippen molar-refractivity contribution in [2.75, 3.05) is 39.3 Å². The molecule has 7 heteroatoms. The van der Waals surface area contributed by atoms with E-state index in [-0.39, 0.29) is 24.8 Å². The second kappa shape index (κ2) is 25.9. The van der Waals surface area contributed by atoms with Gasteiger partial charge in [-0.2, -0.15) is 0 Å². The van der Waals surface area contributed by atoms with E-state index in [0.717, 1.165) is 51.7 Å². The Kier molecular flexibility index (Phi) is 29.1. The summed E-state index contributed by atoms with van der Waals surface area (Å²) < 4.78 is 5.40. The lowest BCUT2D eigenvalue weighted by atomic mass is 9.92. The summed E-state index contributed by atoms with van der Waals surface area (Å²) in [4.78, 5) is 16.5. The van der Waals surface area contributed by atoms with E-state index in [9.17, 15) is 9.90 Å². The van der Waals surface area contributed by atoms with Crippen molar-refractivity contribution in [3.8, 4) is 0 Å². The standard InChI is InChI=1S/C27H56N2O3.2ClH/c1-6-10-20-28(21-11-7-2)24-16-14-15-18-27(5,32-26(30)31)19-17-25-29(22-12-8-3)23-13-9-4;;/h6-25H2,1-5H3,(H,30,31);2*1H. The van der Waals surface area contributed by atoms with Crippen LogP contribution in [-0.4, -0.2) is 65.9 Å². The minimum atomic E-state index is -1.13. The van der Waals surface area contributed by atoms with Crippen LogP contribution in [0.3, 0.4) is 0 Å². The fraction of sp³-hybridized carbons (Fsp3) is 0.963. The molecular formula is C27H58Cl2N2O3. The van der Waals surface area contributed by atoms with Crippen molar-refractivity contribution in [3.05, 3.63) is 0 Å². The van der Waals surface area contributed by atoms with Crippen LogP contribution in [-0.2, 0) is 4.74 Å². The molecule has 0 aliphatic rings. The van der Waals surface area contributed by atoms with E-state index in [1.165, 1.54) is 77.4 Å². The van der Waals surface area contributed by atoms with Crippen molar-refractivity contribution < 1.29 is 14.6 Å². The highest BCUT2D eigenvalue weighted by Gasteiger charge is 2.28. The van der Waals surface area contributed by atoms with Gasteiger partial charge < -0.3 is 19.6 Å². The first-order chi connectivity index (χ1) is 15.4. The Hall–Kier alpha value is -0.230. The number of hydrogen-bond donors (Lipinski definition) is 1. The molecule has 0 aromatic heterocycles. The summed E-state index contributed by atoms with van der Waals surface area (Å²) in [7, 11) is 0. The molecule has 0 saturated carbocycles. The number of rotatable bonds is 23. The van der Waals surface area contributed by atoms with Gasteiger partial charge in [0.1, 0.15) is 5.60 Å². The number of unbranched alkanes of at least 4 members (excludes halogenated alkanes) is 6. The molecule has 1 unspecified atom stereocenters. The maximum absolute atomic E-state index is 11.3. The lowest BCUT2D eigenvalue weighted by molar-refractivity contribution is -0.0216. The van der Waals surface area contributed by atoms with Crippen LogP contribution in [0.4, 0.5) is 4.79 Å². The Labute approximate surface area is 224 Å². The average Bonchev–Trinajstić information content (AvgIpc) is 2.75. The largest absolute Gasteiger partial charge is 0.506 e. The monoisotopic (exact) mass is 528 g/mol. The fourth-order valence-electron chi connectivity index (χ4n) is 4.32. The number of hydrogen-bond acceptors (Lipinski definition) is 4. The van der Waals surface area contributed by atoms with Crippen LogP contribution in [0.25, 0.3) is 0 Å². The molecular weight excluding hydrogens is 471 g/mol. The van der Waals surface area contributed by atoms with E-state index in [1.54, 1.807) is 0 Å². The SMILES string of the molecule is CCCCN(CCCC)CCCCCC(C)(CCCN(CCCC)CCCC)OC(=O)O.Cl.Cl. The molecule has 0 saturated heterocycles. The first kappa shape index (κ1) is 38.3. The molecule has 0 aromatic rings. The molecule has 208 valence electrons. The van der Waals surface area contributed by atoms with Gasteiger partial charge in [-0.05, 0) is 104 Å². The minimum Gasteiger partial charge on any atom is -0.450 e. The molecule has 34 heavy (non-hydrogen) atoms. The van der Waals surface area contributed by atoms with Crippen LogP contribution in [0.15, 0.2) is 0 Å². The molecule has 0 aromatic carbocycles. The summed E-state index contributed by atoms with van der Waals surface area (Å²) in [6.45, 7) is 17.9. The zero-order valence-electron chi connectivity index (χ0n) is 23.1. The topological polar surface area (TPSA) is 53.0 Å². The molecule has 0 spiro atoms. The van der Waals surface area contributed by atoms with Crippen molar-refractivity contribution in [3.63, 3.8) is 0 Å². The maximum atomic E-state index is 11.3. The first-order valence-corrected chi connectivity index (χ1v) is 13.8. The molecule has 0 radical (unpaired) electrons. The van der Waals surface area contributed by atoms with Gasteiger partial charge in [-0.15, -0.1) is 24.8 Å². The quantitative estimate of drug-likeness (QED) is 0.106. The van der Waals surface area contributed by atoms with Gasteiger partial charge in [0.05, 0.1) is 0 Å². The normalized spacial score (nSPS) is 12.8. The summed E-state index contributed by atoms with van der Waals surface area (Å²) in [5.41, 5.74) is -0.558. The molecule has 1 N–H and O–H groups in total. The van der Waals surface area contributed by atoms with Crippen LogP contribution in [0.5, 0.6) is 0 Å². The van der Waals surface area contributed by atoms with Crippen molar-refractivity contribution in [1.82, 2.24) is 9.80 Å². The highest BCUT2D eigenvalue weighted by molar-refractivity contribution is 5.85. The molecule has 0 rings (SSSR count). The van der Waals surface area contributed by atoms with Gasteiger partial charge in [0.15, 0.2) is 0 Å². The van der Waals surface area contributed by atoms with Crippen molar-refractivity contribution in [2.45, 2.75) is 130 Å². The van der Waals surface area contributed by atoms with Crippen LogP contribution >= 0.6 is 24.8 Å². The third kappa shape index (κ3) is 22.2. The Balaban J connectivity index is -0.00000480. The number of nitrogens with zero attached hydrogens (tertiary/aromatic N) is 2. The number of ether oxygens (including phenoxy) is 1. The molecule has 0 aliphatic heterocycles. The maximum Gasteiger partial charge on any atom is 0.506 e. The van der Waals surface area contributed by atoms with E-state index >= 15 is 0 Å². The van der Waals surface area contributed by atoms with Gasteiger partial charge in [-0.25, -0.2) is 4.79 Å². The predicted molar refractivity (Wildman–Crippen MR) is 152 cm³/mol. The minimum absolute atomic E-state index is 0. The lowest BCUT2D eigenvalue weighted by Crippen LogP contribution is -2.34. The van der Waals surface area contributed by atoms with Crippen LogP contribution in [0.1, 0.15) is 125 Å². The molecule has 0 aliphatic carbocycles. The molecule has 0 fully saturated rings. The van der Waals surface area contributed by atoms with Crippen molar-refractivity contribution in [1.29, 1.82) is 0 Å². The molecule has 0 amide bonds. The molecule has 1 atom stereocenters. The van der Waals surface area contributed by atoms with E-state index in [2.05, 4.69) is 37.5 Å².